The lowest BCUT2D eigenvalue weighted by atomic mass is 9.81. The fraction of sp³-hybridized carbons (Fsp3) is 0.143. The van der Waals surface area contributed by atoms with E-state index < -0.39 is 0 Å². The van der Waals surface area contributed by atoms with Gasteiger partial charge in [-0.25, -0.2) is 0 Å². The molecule has 7 aromatic carbocycles. The summed E-state index contributed by atoms with van der Waals surface area (Å²) in [6.45, 7) is 11.6. The Morgan fingerprint density at radius 2 is 0.760 bits per heavy atom. The van der Waals surface area contributed by atoms with E-state index in [2.05, 4.69) is 197 Å². The summed E-state index contributed by atoms with van der Waals surface area (Å²) in [7, 11) is 0. The molecule has 0 heterocycles. The third kappa shape index (κ3) is 4.68. The predicted octanol–water partition coefficient (Wildman–Crippen LogP) is 13.4. The fourth-order valence-corrected chi connectivity index (χ4v) is 8.50. The van der Waals surface area contributed by atoms with E-state index in [0.717, 1.165) is 0 Å². The van der Waals surface area contributed by atoms with Crippen LogP contribution >= 0.6 is 0 Å². The van der Waals surface area contributed by atoms with Gasteiger partial charge in [0.2, 0.25) is 0 Å². The Labute approximate surface area is 296 Å². The Hall–Kier alpha value is -5.66. The van der Waals surface area contributed by atoms with E-state index in [4.69, 9.17) is 0 Å². The zero-order valence-electron chi connectivity index (χ0n) is 29.5. The van der Waals surface area contributed by atoms with Gasteiger partial charge < -0.3 is 4.90 Å². The SMILES string of the molecule is Cc1ccc(N(c2ccc3c(c2)C(C)(C)c2ccccc2-3)c2ccc3c(c2)C(C)(C)c2cc(-c4ccc(-c5ccccc5)cc4)ccc2-3)cc1. The molecule has 0 saturated heterocycles. The lowest BCUT2D eigenvalue weighted by molar-refractivity contribution is 0.660. The van der Waals surface area contributed by atoms with Crippen LogP contribution in [-0.2, 0) is 10.8 Å². The number of benzene rings is 7. The number of aryl methyl sites for hydroxylation is 1. The summed E-state index contributed by atoms with van der Waals surface area (Å²) in [6, 6.07) is 58.6. The highest BCUT2D eigenvalue weighted by Crippen LogP contribution is 2.53. The Bertz CT molecular complexity index is 2410. The Kier molecular flexibility index (Phi) is 6.80. The van der Waals surface area contributed by atoms with Crippen LogP contribution in [0.2, 0.25) is 0 Å². The number of nitrogens with zero attached hydrogens (tertiary/aromatic N) is 1. The minimum absolute atomic E-state index is 0.0674. The molecule has 0 amide bonds. The normalized spacial score (nSPS) is 14.4. The number of hydrogen-bond donors (Lipinski definition) is 0. The molecular formula is C49H41N. The topological polar surface area (TPSA) is 3.24 Å². The summed E-state index contributed by atoms with van der Waals surface area (Å²) in [5, 5.41) is 0. The Morgan fingerprint density at radius 3 is 1.38 bits per heavy atom. The van der Waals surface area contributed by atoms with Crippen molar-refractivity contribution in [1.29, 1.82) is 0 Å². The van der Waals surface area contributed by atoms with E-state index >= 15 is 0 Å². The van der Waals surface area contributed by atoms with E-state index in [0.29, 0.717) is 0 Å². The van der Waals surface area contributed by atoms with E-state index in [1.165, 1.54) is 89.4 Å². The molecule has 0 aromatic heterocycles. The molecule has 0 N–H and O–H groups in total. The molecule has 0 radical (unpaired) electrons. The van der Waals surface area contributed by atoms with E-state index in [9.17, 15) is 0 Å². The van der Waals surface area contributed by atoms with Crippen molar-refractivity contribution in [1.82, 2.24) is 0 Å². The maximum absolute atomic E-state index is 2.44. The largest absolute Gasteiger partial charge is 0.310 e. The van der Waals surface area contributed by atoms with Crippen molar-refractivity contribution in [3.63, 3.8) is 0 Å². The number of hydrogen-bond acceptors (Lipinski definition) is 1. The van der Waals surface area contributed by atoms with Crippen LogP contribution in [0.15, 0.2) is 158 Å². The molecule has 0 atom stereocenters. The summed E-state index contributed by atoms with van der Waals surface area (Å²) in [5.74, 6) is 0. The summed E-state index contributed by atoms with van der Waals surface area (Å²) in [4.78, 5) is 2.44. The van der Waals surface area contributed by atoms with Crippen molar-refractivity contribution in [2.24, 2.45) is 0 Å². The maximum atomic E-state index is 2.44. The Balaban J connectivity index is 1.12. The molecular weight excluding hydrogens is 603 g/mol. The van der Waals surface area contributed by atoms with Crippen LogP contribution < -0.4 is 4.90 Å². The van der Waals surface area contributed by atoms with Crippen LogP contribution in [0.3, 0.4) is 0 Å². The molecule has 0 saturated carbocycles. The number of rotatable bonds is 5. The number of fused-ring (bicyclic) bond motifs is 6. The highest BCUT2D eigenvalue weighted by atomic mass is 15.1. The van der Waals surface area contributed by atoms with Crippen molar-refractivity contribution in [2.75, 3.05) is 4.90 Å². The molecule has 1 heteroatoms. The molecule has 9 rings (SSSR count). The van der Waals surface area contributed by atoms with Gasteiger partial charge in [0.05, 0.1) is 0 Å². The molecule has 7 aromatic rings. The molecule has 242 valence electrons. The van der Waals surface area contributed by atoms with Crippen molar-refractivity contribution >= 4 is 17.1 Å². The van der Waals surface area contributed by atoms with Gasteiger partial charge >= 0.3 is 0 Å². The quantitative estimate of drug-likeness (QED) is 0.180. The smallest absolute Gasteiger partial charge is 0.0465 e. The van der Waals surface area contributed by atoms with E-state index in [1.807, 2.05) is 0 Å². The molecule has 2 aliphatic carbocycles. The molecule has 1 nitrogen and oxygen atoms in total. The lowest BCUT2D eigenvalue weighted by Crippen LogP contribution is -2.18. The summed E-state index contributed by atoms with van der Waals surface area (Å²) < 4.78 is 0. The first-order chi connectivity index (χ1) is 24.2. The van der Waals surface area contributed by atoms with E-state index in [1.54, 1.807) is 0 Å². The molecule has 0 aliphatic heterocycles. The minimum atomic E-state index is -0.152. The summed E-state index contributed by atoms with van der Waals surface area (Å²) in [5.41, 5.74) is 20.4. The molecule has 0 bridgehead atoms. The van der Waals surface area contributed by atoms with Crippen LogP contribution in [0.5, 0.6) is 0 Å². The predicted molar refractivity (Wildman–Crippen MR) is 212 cm³/mol. The molecule has 0 spiro atoms. The highest BCUT2D eigenvalue weighted by molar-refractivity contribution is 5.89. The summed E-state index contributed by atoms with van der Waals surface area (Å²) >= 11 is 0. The second-order valence-corrected chi connectivity index (χ2v) is 15.1. The van der Waals surface area contributed by atoms with Gasteiger partial charge in [-0.05, 0) is 116 Å². The monoisotopic (exact) mass is 643 g/mol. The summed E-state index contributed by atoms with van der Waals surface area (Å²) in [6.07, 6.45) is 0. The van der Waals surface area contributed by atoms with Crippen molar-refractivity contribution < 1.29 is 0 Å². The van der Waals surface area contributed by atoms with Gasteiger partial charge in [-0.15, -0.1) is 0 Å². The van der Waals surface area contributed by atoms with Crippen LogP contribution in [0.4, 0.5) is 17.1 Å². The molecule has 50 heavy (non-hydrogen) atoms. The number of anilines is 3. The van der Waals surface area contributed by atoms with Crippen LogP contribution in [0, 0.1) is 6.92 Å². The van der Waals surface area contributed by atoms with E-state index in [-0.39, 0.29) is 10.8 Å². The standard InChI is InChI=1S/C49H41N/c1-32-15-22-37(23-16-32)50(38-24-27-42-40-13-9-10-14-44(40)48(2,3)46(42)30-38)39-25-28-43-41-26-21-36(29-45(41)49(4,5)47(43)31-39)35-19-17-34(18-20-35)33-11-7-6-8-12-33/h6-31H,1-5H3. The van der Waals surface area contributed by atoms with Crippen LogP contribution in [-0.4, -0.2) is 0 Å². The average Bonchev–Trinajstić information content (AvgIpc) is 3.52. The average molecular weight is 644 g/mol. The lowest BCUT2D eigenvalue weighted by Gasteiger charge is -2.30. The zero-order chi connectivity index (χ0) is 34.2. The Morgan fingerprint density at radius 1 is 0.340 bits per heavy atom. The van der Waals surface area contributed by atoms with Gasteiger partial charge in [0.25, 0.3) is 0 Å². The van der Waals surface area contributed by atoms with Crippen LogP contribution in [0.1, 0.15) is 55.5 Å². The van der Waals surface area contributed by atoms with Crippen molar-refractivity contribution in [3.05, 3.63) is 186 Å². The second kappa shape index (κ2) is 11.2. The van der Waals surface area contributed by atoms with Gasteiger partial charge in [-0.2, -0.15) is 0 Å². The van der Waals surface area contributed by atoms with Crippen LogP contribution in [0.25, 0.3) is 44.5 Å². The van der Waals surface area contributed by atoms with Crippen molar-refractivity contribution in [2.45, 2.75) is 45.4 Å². The molecule has 2 aliphatic rings. The van der Waals surface area contributed by atoms with Gasteiger partial charge in [-0.3, -0.25) is 0 Å². The fourth-order valence-electron chi connectivity index (χ4n) is 8.50. The van der Waals surface area contributed by atoms with Gasteiger partial charge in [-0.1, -0.05) is 149 Å². The van der Waals surface area contributed by atoms with Gasteiger partial charge in [0, 0.05) is 27.9 Å². The maximum Gasteiger partial charge on any atom is 0.0465 e. The molecule has 0 unspecified atom stereocenters. The van der Waals surface area contributed by atoms with Gasteiger partial charge in [0.15, 0.2) is 0 Å². The minimum Gasteiger partial charge on any atom is -0.310 e. The van der Waals surface area contributed by atoms with Gasteiger partial charge in [0.1, 0.15) is 0 Å². The first-order valence-corrected chi connectivity index (χ1v) is 17.8. The van der Waals surface area contributed by atoms with Crippen molar-refractivity contribution in [3.8, 4) is 44.5 Å². The third-order valence-corrected chi connectivity index (χ3v) is 11.4. The third-order valence-electron chi connectivity index (χ3n) is 11.4. The molecule has 0 fully saturated rings. The highest BCUT2D eigenvalue weighted by Gasteiger charge is 2.38. The zero-order valence-corrected chi connectivity index (χ0v) is 29.5. The second-order valence-electron chi connectivity index (χ2n) is 15.1. The first kappa shape index (κ1) is 30.4. The first-order valence-electron chi connectivity index (χ1n) is 17.8.